The molecule has 0 amide bonds. The summed E-state index contributed by atoms with van der Waals surface area (Å²) in [6.45, 7) is 2.10. The quantitative estimate of drug-likeness (QED) is 0.704. The summed E-state index contributed by atoms with van der Waals surface area (Å²) >= 11 is 0. The first-order valence-corrected chi connectivity index (χ1v) is 6.74. The van der Waals surface area contributed by atoms with Gasteiger partial charge in [0.25, 0.3) is 0 Å². The second-order valence-electron chi connectivity index (χ2n) is 5.26. The predicted octanol–water partition coefficient (Wildman–Crippen LogP) is 3.50. The van der Waals surface area contributed by atoms with Gasteiger partial charge in [0.15, 0.2) is 0 Å². The summed E-state index contributed by atoms with van der Waals surface area (Å²) in [6.07, 6.45) is 6.61. The molecule has 0 aromatic heterocycles. The number of hydrogen-bond acceptors (Lipinski definition) is 2. The Balaban J connectivity index is 2.07. The molecule has 18 heavy (non-hydrogen) atoms. The molecule has 1 aliphatic carbocycles. The number of carbonyl (C=O) groups is 1. The molecular weight excluding hydrogens is 224 g/mol. The van der Waals surface area contributed by atoms with Crippen molar-refractivity contribution in [2.75, 3.05) is 0 Å². The van der Waals surface area contributed by atoms with Crippen molar-refractivity contribution in [2.45, 2.75) is 44.6 Å². The van der Waals surface area contributed by atoms with Crippen LogP contribution in [0.25, 0.3) is 0 Å². The molecule has 0 fully saturated rings. The van der Waals surface area contributed by atoms with Crippen molar-refractivity contribution in [3.63, 3.8) is 0 Å². The monoisotopic (exact) mass is 242 g/mol. The van der Waals surface area contributed by atoms with E-state index in [-0.39, 0.29) is 11.6 Å². The van der Waals surface area contributed by atoms with Gasteiger partial charge < -0.3 is 4.74 Å². The van der Waals surface area contributed by atoms with E-state index < -0.39 is 0 Å². The SMILES string of the molecule is CCC1=CC(=O)O[C@@]2(CCCc3ccccc32)C1. The van der Waals surface area contributed by atoms with Crippen LogP contribution in [0.5, 0.6) is 0 Å². The fraction of sp³-hybridized carbons (Fsp3) is 0.438. The maximum absolute atomic E-state index is 11.8. The average Bonchev–Trinajstić information content (AvgIpc) is 2.38. The highest BCUT2D eigenvalue weighted by Crippen LogP contribution is 2.45. The number of ether oxygens (including phenoxy) is 1. The van der Waals surface area contributed by atoms with Gasteiger partial charge in [0, 0.05) is 12.5 Å². The van der Waals surface area contributed by atoms with Gasteiger partial charge in [0.2, 0.25) is 0 Å². The number of esters is 1. The van der Waals surface area contributed by atoms with Gasteiger partial charge in [0.1, 0.15) is 5.60 Å². The first-order valence-electron chi connectivity index (χ1n) is 6.74. The van der Waals surface area contributed by atoms with E-state index in [1.165, 1.54) is 16.7 Å². The van der Waals surface area contributed by atoms with Gasteiger partial charge in [-0.2, -0.15) is 0 Å². The molecule has 2 aliphatic rings. The summed E-state index contributed by atoms with van der Waals surface area (Å²) in [6, 6.07) is 8.40. The maximum Gasteiger partial charge on any atom is 0.331 e. The first-order chi connectivity index (χ1) is 8.73. The van der Waals surface area contributed by atoms with Gasteiger partial charge in [-0.15, -0.1) is 0 Å². The predicted molar refractivity (Wildman–Crippen MR) is 70.1 cm³/mol. The molecule has 1 heterocycles. The molecular formula is C16H18O2. The van der Waals surface area contributed by atoms with Crippen molar-refractivity contribution in [3.8, 4) is 0 Å². The fourth-order valence-corrected chi connectivity index (χ4v) is 3.24. The number of carbonyl (C=O) groups excluding carboxylic acids is 1. The van der Waals surface area contributed by atoms with Gasteiger partial charge in [-0.05, 0) is 36.8 Å². The number of aryl methyl sites for hydroxylation is 1. The molecule has 1 spiro atoms. The lowest BCUT2D eigenvalue weighted by molar-refractivity contribution is -0.159. The second kappa shape index (κ2) is 4.27. The molecule has 3 rings (SSSR count). The second-order valence-corrected chi connectivity index (χ2v) is 5.26. The number of benzene rings is 1. The van der Waals surface area contributed by atoms with Crippen molar-refractivity contribution >= 4 is 5.97 Å². The highest BCUT2D eigenvalue weighted by Gasteiger charge is 2.42. The summed E-state index contributed by atoms with van der Waals surface area (Å²) in [5, 5.41) is 0. The van der Waals surface area contributed by atoms with Gasteiger partial charge >= 0.3 is 5.97 Å². The van der Waals surface area contributed by atoms with Crippen LogP contribution < -0.4 is 0 Å². The van der Waals surface area contributed by atoms with Crippen molar-refractivity contribution in [2.24, 2.45) is 0 Å². The lowest BCUT2D eigenvalue weighted by Gasteiger charge is -2.41. The molecule has 0 bridgehead atoms. The van der Waals surface area contributed by atoms with Crippen LogP contribution in [0.3, 0.4) is 0 Å². The molecule has 0 unspecified atom stereocenters. The van der Waals surface area contributed by atoms with E-state index >= 15 is 0 Å². The summed E-state index contributed by atoms with van der Waals surface area (Å²) in [5.74, 6) is -0.171. The molecule has 1 atom stereocenters. The molecule has 94 valence electrons. The van der Waals surface area contributed by atoms with Gasteiger partial charge in [0.05, 0.1) is 0 Å². The third-order valence-corrected chi connectivity index (χ3v) is 4.12. The lowest BCUT2D eigenvalue weighted by atomic mass is 9.74. The summed E-state index contributed by atoms with van der Waals surface area (Å²) in [5.41, 5.74) is 3.40. The minimum atomic E-state index is -0.383. The smallest absolute Gasteiger partial charge is 0.331 e. The van der Waals surface area contributed by atoms with E-state index in [4.69, 9.17) is 4.74 Å². The number of hydrogen-bond donors (Lipinski definition) is 0. The topological polar surface area (TPSA) is 26.3 Å². The van der Waals surface area contributed by atoms with Crippen LogP contribution in [0.1, 0.15) is 43.7 Å². The van der Waals surface area contributed by atoms with Gasteiger partial charge in [-0.25, -0.2) is 4.79 Å². The molecule has 0 saturated carbocycles. The standard InChI is InChI=1S/C16H18O2/c1-2-12-10-15(17)18-16(11-12)9-5-7-13-6-3-4-8-14(13)16/h3-4,6,8,10H,2,5,7,9,11H2,1H3/t16-/m0/s1. The lowest BCUT2D eigenvalue weighted by Crippen LogP contribution is -2.38. The highest BCUT2D eigenvalue weighted by molar-refractivity contribution is 5.84. The van der Waals surface area contributed by atoms with E-state index in [0.717, 1.165) is 32.1 Å². The fourth-order valence-electron chi connectivity index (χ4n) is 3.24. The van der Waals surface area contributed by atoms with E-state index in [1.54, 1.807) is 6.08 Å². The van der Waals surface area contributed by atoms with E-state index in [9.17, 15) is 4.79 Å². The van der Waals surface area contributed by atoms with Crippen LogP contribution in [-0.2, 0) is 21.6 Å². The summed E-state index contributed by atoms with van der Waals surface area (Å²) in [7, 11) is 0. The average molecular weight is 242 g/mol. The van der Waals surface area contributed by atoms with E-state index in [2.05, 4.69) is 25.1 Å². The van der Waals surface area contributed by atoms with Crippen molar-refractivity contribution in [3.05, 3.63) is 47.0 Å². The van der Waals surface area contributed by atoms with Crippen molar-refractivity contribution in [1.82, 2.24) is 0 Å². The molecule has 0 saturated heterocycles. The molecule has 2 heteroatoms. The number of rotatable bonds is 1. The molecule has 2 nitrogen and oxygen atoms in total. The Morgan fingerprint density at radius 1 is 1.33 bits per heavy atom. The Labute approximate surface area is 108 Å². The van der Waals surface area contributed by atoms with Gasteiger partial charge in [-0.3, -0.25) is 0 Å². The van der Waals surface area contributed by atoms with Crippen LogP contribution in [-0.4, -0.2) is 5.97 Å². The van der Waals surface area contributed by atoms with Crippen molar-refractivity contribution < 1.29 is 9.53 Å². The highest BCUT2D eigenvalue weighted by atomic mass is 16.6. The van der Waals surface area contributed by atoms with Crippen LogP contribution in [0.15, 0.2) is 35.9 Å². The van der Waals surface area contributed by atoms with E-state index in [0.29, 0.717) is 0 Å². The summed E-state index contributed by atoms with van der Waals surface area (Å²) in [4.78, 5) is 11.8. The Bertz CT molecular complexity index is 516. The third kappa shape index (κ3) is 1.76. The molecule has 1 aliphatic heterocycles. The van der Waals surface area contributed by atoms with E-state index in [1.807, 2.05) is 6.07 Å². The Morgan fingerprint density at radius 3 is 3.00 bits per heavy atom. The molecule has 0 N–H and O–H groups in total. The third-order valence-electron chi connectivity index (χ3n) is 4.12. The molecule has 1 aromatic rings. The number of fused-ring (bicyclic) bond motifs is 2. The minimum Gasteiger partial charge on any atom is -0.451 e. The van der Waals surface area contributed by atoms with Crippen LogP contribution in [0.2, 0.25) is 0 Å². The van der Waals surface area contributed by atoms with Gasteiger partial charge in [-0.1, -0.05) is 36.8 Å². The molecule has 1 aromatic carbocycles. The van der Waals surface area contributed by atoms with Crippen LogP contribution in [0, 0.1) is 0 Å². The Kier molecular flexibility index (Phi) is 2.73. The normalized spacial score (nSPS) is 26.5. The van der Waals surface area contributed by atoms with Crippen LogP contribution in [0.4, 0.5) is 0 Å². The molecule has 0 radical (unpaired) electrons. The largest absolute Gasteiger partial charge is 0.451 e. The van der Waals surface area contributed by atoms with Crippen LogP contribution >= 0.6 is 0 Å². The zero-order valence-electron chi connectivity index (χ0n) is 10.7. The minimum absolute atomic E-state index is 0.171. The first kappa shape index (κ1) is 11.5. The summed E-state index contributed by atoms with van der Waals surface area (Å²) < 4.78 is 5.76. The van der Waals surface area contributed by atoms with Crippen molar-refractivity contribution in [1.29, 1.82) is 0 Å². The Hall–Kier alpha value is -1.57. The zero-order valence-corrected chi connectivity index (χ0v) is 10.7. The Morgan fingerprint density at radius 2 is 2.17 bits per heavy atom. The maximum atomic E-state index is 11.8. The zero-order chi connectivity index (χ0) is 12.6.